The van der Waals surface area contributed by atoms with E-state index in [-0.39, 0.29) is 12.6 Å². The van der Waals surface area contributed by atoms with Crippen molar-refractivity contribution >= 4 is 17.8 Å². The Bertz CT molecular complexity index is 1200. The molecule has 0 atom stereocenters. The zero-order valence-corrected chi connectivity index (χ0v) is 17.5. The van der Waals surface area contributed by atoms with Crippen molar-refractivity contribution in [2.24, 2.45) is 0 Å². The SMILES string of the molecule is COc1ccc(OC)c(C(=O)C=Cc2ccccc2OC(=O)c2ccc3c(c2)OCO3)c1. The molecule has 32 heavy (non-hydrogen) atoms. The first kappa shape index (κ1) is 21.0. The van der Waals surface area contributed by atoms with E-state index in [1.54, 1.807) is 66.7 Å². The summed E-state index contributed by atoms with van der Waals surface area (Å²) in [5, 5.41) is 0. The Balaban J connectivity index is 1.54. The van der Waals surface area contributed by atoms with E-state index in [0.29, 0.717) is 45.4 Å². The maximum atomic E-state index is 12.8. The highest BCUT2D eigenvalue weighted by Crippen LogP contribution is 2.33. The lowest BCUT2D eigenvalue weighted by Crippen LogP contribution is -2.09. The number of carbonyl (C=O) groups excluding carboxylic acids is 2. The molecule has 0 radical (unpaired) electrons. The predicted molar refractivity (Wildman–Crippen MR) is 117 cm³/mol. The molecule has 1 heterocycles. The van der Waals surface area contributed by atoms with Gasteiger partial charge in [0.05, 0.1) is 25.3 Å². The molecule has 0 unspecified atom stereocenters. The van der Waals surface area contributed by atoms with Gasteiger partial charge < -0.3 is 23.7 Å². The number of methoxy groups -OCH3 is 2. The lowest BCUT2D eigenvalue weighted by atomic mass is 10.1. The largest absolute Gasteiger partial charge is 0.497 e. The van der Waals surface area contributed by atoms with E-state index in [0.717, 1.165) is 0 Å². The zero-order valence-electron chi connectivity index (χ0n) is 17.5. The summed E-state index contributed by atoms with van der Waals surface area (Å²) in [6.45, 7) is 0.119. The van der Waals surface area contributed by atoms with Crippen LogP contribution in [0.5, 0.6) is 28.7 Å². The van der Waals surface area contributed by atoms with Gasteiger partial charge in [-0.25, -0.2) is 4.79 Å². The number of allylic oxidation sites excluding steroid dienone is 1. The van der Waals surface area contributed by atoms with E-state index >= 15 is 0 Å². The van der Waals surface area contributed by atoms with Crippen LogP contribution >= 0.6 is 0 Å². The van der Waals surface area contributed by atoms with Gasteiger partial charge in [-0.1, -0.05) is 18.2 Å². The number of rotatable bonds is 7. The van der Waals surface area contributed by atoms with Gasteiger partial charge in [-0.3, -0.25) is 4.79 Å². The van der Waals surface area contributed by atoms with Crippen molar-refractivity contribution in [3.8, 4) is 28.7 Å². The zero-order chi connectivity index (χ0) is 22.5. The van der Waals surface area contributed by atoms with Crippen LogP contribution in [0, 0.1) is 0 Å². The maximum absolute atomic E-state index is 12.8. The Hall–Kier alpha value is -4.26. The van der Waals surface area contributed by atoms with Crippen molar-refractivity contribution in [2.45, 2.75) is 0 Å². The van der Waals surface area contributed by atoms with Gasteiger partial charge in [0.1, 0.15) is 17.2 Å². The van der Waals surface area contributed by atoms with Crippen LogP contribution in [0.1, 0.15) is 26.3 Å². The van der Waals surface area contributed by atoms with Crippen molar-refractivity contribution in [2.75, 3.05) is 21.0 Å². The third-order valence-corrected chi connectivity index (χ3v) is 4.82. The monoisotopic (exact) mass is 432 g/mol. The molecule has 0 aromatic heterocycles. The number of ether oxygens (including phenoxy) is 5. The van der Waals surface area contributed by atoms with Crippen LogP contribution in [-0.4, -0.2) is 32.8 Å². The number of benzene rings is 3. The fraction of sp³-hybridized carbons (Fsp3) is 0.120. The average Bonchev–Trinajstić information content (AvgIpc) is 3.30. The van der Waals surface area contributed by atoms with Crippen molar-refractivity contribution in [1.82, 2.24) is 0 Å². The first-order chi connectivity index (χ1) is 15.6. The van der Waals surface area contributed by atoms with Crippen molar-refractivity contribution in [3.63, 3.8) is 0 Å². The summed E-state index contributed by atoms with van der Waals surface area (Å²) in [6, 6.07) is 16.7. The van der Waals surface area contributed by atoms with Crippen LogP contribution in [-0.2, 0) is 0 Å². The van der Waals surface area contributed by atoms with Crippen molar-refractivity contribution < 1.29 is 33.3 Å². The second kappa shape index (κ2) is 9.26. The predicted octanol–water partition coefficient (Wildman–Crippen LogP) is 4.55. The number of carbonyl (C=O) groups is 2. The smallest absolute Gasteiger partial charge is 0.343 e. The molecule has 0 N–H and O–H groups in total. The highest BCUT2D eigenvalue weighted by Gasteiger charge is 2.18. The van der Waals surface area contributed by atoms with E-state index in [1.807, 2.05) is 0 Å². The van der Waals surface area contributed by atoms with E-state index in [2.05, 4.69) is 0 Å². The van der Waals surface area contributed by atoms with Gasteiger partial charge in [0, 0.05) is 5.56 Å². The van der Waals surface area contributed by atoms with Gasteiger partial charge in [0.15, 0.2) is 17.3 Å². The van der Waals surface area contributed by atoms with Gasteiger partial charge in [-0.05, 0) is 54.6 Å². The summed E-state index contributed by atoms with van der Waals surface area (Å²) < 4.78 is 26.6. The molecule has 7 nitrogen and oxygen atoms in total. The van der Waals surface area contributed by atoms with Crippen LogP contribution in [0.25, 0.3) is 6.08 Å². The van der Waals surface area contributed by atoms with Gasteiger partial charge in [0.25, 0.3) is 0 Å². The van der Waals surface area contributed by atoms with Crippen LogP contribution < -0.4 is 23.7 Å². The Morgan fingerprint density at radius 3 is 2.50 bits per heavy atom. The molecule has 1 aliphatic heterocycles. The fourth-order valence-electron chi connectivity index (χ4n) is 3.16. The number of para-hydroxylation sites is 1. The quantitative estimate of drug-likeness (QED) is 0.235. The molecule has 0 bridgehead atoms. The van der Waals surface area contributed by atoms with Crippen LogP contribution in [0.15, 0.2) is 66.7 Å². The first-order valence-electron chi connectivity index (χ1n) is 9.74. The lowest BCUT2D eigenvalue weighted by molar-refractivity contribution is 0.0733. The number of hydrogen-bond acceptors (Lipinski definition) is 7. The van der Waals surface area contributed by atoms with Gasteiger partial charge in [0.2, 0.25) is 6.79 Å². The molecule has 0 fully saturated rings. The summed E-state index contributed by atoms with van der Waals surface area (Å²) in [5.74, 6) is 1.53. The normalized spacial score (nSPS) is 11.9. The first-order valence-corrected chi connectivity index (χ1v) is 9.74. The Labute approximate surface area is 184 Å². The summed E-state index contributed by atoms with van der Waals surface area (Å²) in [4.78, 5) is 25.4. The van der Waals surface area contributed by atoms with Gasteiger partial charge in [-0.15, -0.1) is 0 Å². The minimum absolute atomic E-state index is 0.119. The molecule has 7 heteroatoms. The molecular formula is C25H20O7. The summed E-state index contributed by atoms with van der Waals surface area (Å²) in [5.41, 5.74) is 1.25. The third-order valence-electron chi connectivity index (χ3n) is 4.82. The molecule has 3 aromatic carbocycles. The van der Waals surface area contributed by atoms with E-state index in [1.165, 1.54) is 20.3 Å². The molecule has 0 spiro atoms. The second-order valence-electron chi connectivity index (χ2n) is 6.76. The standard InChI is InChI=1S/C25H20O7/c1-28-18-9-12-22(29-2)19(14-18)20(26)10-7-16-5-3-4-6-21(16)32-25(27)17-8-11-23-24(13-17)31-15-30-23/h3-14H,15H2,1-2H3. The molecule has 0 aliphatic carbocycles. The summed E-state index contributed by atoms with van der Waals surface area (Å²) in [6.07, 6.45) is 2.98. The number of esters is 1. The minimum Gasteiger partial charge on any atom is -0.497 e. The van der Waals surface area contributed by atoms with Crippen LogP contribution in [0.4, 0.5) is 0 Å². The van der Waals surface area contributed by atoms with Crippen LogP contribution in [0.3, 0.4) is 0 Å². The van der Waals surface area contributed by atoms with Crippen molar-refractivity contribution in [3.05, 3.63) is 83.4 Å². The van der Waals surface area contributed by atoms with E-state index in [4.69, 9.17) is 23.7 Å². The lowest BCUT2D eigenvalue weighted by Gasteiger charge is -2.09. The molecule has 0 amide bonds. The minimum atomic E-state index is -0.551. The molecule has 0 saturated carbocycles. The molecule has 4 rings (SSSR count). The molecule has 0 saturated heterocycles. The topological polar surface area (TPSA) is 80.3 Å². The number of ketones is 1. The van der Waals surface area contributed by atoms with Crippen molar-refractivity contribution in [1.29, 1.82) is 0 Å². The van der Waals surface area contributed by atoms with E-state index in [9.17, 15) is 9.59 Å². The molecule has 162 valence electrons. The second-order valence-corrected chi connectivity index (χ2v) is 6.76. The molecular weight excluding hydrogens is 412 g/mol. The van der Waals surface area contributed by atoms with Gasteiger partial charge in [-0.2, -0.15) is 0 Å². The Morgan fingerprint density at radius 1 is 0.875 bits per heavy atom. The fourth-order valence-corrected chi connectivity index (χ4v) is 3.16. The van der Waals surface area contributed by atoms with E-state index < -0.39 is 5.97 Å². The maximum Gasteiger partial charge on any atom is 0.343 e. The number of hydrogen-bond donors (Lipinski definition) is 0. The summed E-state index contributed by atoms with van der Waals surface area (Å²) in [7, 11) is 3.02. The Kier molecular flexibility index (Phi) is 6.07. The molecule has 1 aliphatic rings. The molecule has 3 aromatic rings. The summed E-state index contributed by atoms with van der Waals surface area (Å²) >= 11 is 0. The van der Waals surface area contributed by atoms with Crippen LogP contribution in [0.2, 0.25) is 0 Å². The Morgan fingerprint density at radius 2 is 1.69 bits per heavy atom. The highest BCUT2D eigenvalue weighted by atomic mass is 16.7. The highest BCUT2D eigenvalue weighted by molar-refractivity contribution is 6.09. The van der Waals surface area contributed by atoms with Gasteiger partial charge >= 0.3 is 5.97 Å². The average molecular weight is 432 g/mol. The number of fused-ring (bicyclic) bond motifs is 1. The third kappa shape index (κ3) is 4.41.